The largest absolute Gasteiger partial charge is 1.00 e. The predicted molar refractivity (Wildman–Crippen MR) is 152 cm³/mol. The van der Waals surface area contributed by atoms with Crippen LogP contribution >= 0.6 is 23.4 Å². The van der Waals surface area contributed by atoms with Gasteiger partial charge in [-0.2, -0.15) is 18.2 Å². The van der Waals surface area contributed by atoms with Gasteiger partial charge in [0.05, 0.1) is 4.91 Å². The van der Waals surface area contributed by atoms with Crippen LogP contribution < -0.4 is 39.6 Å². The Bertz CT molecular complexity index is 1600. The van der Waals surface area contributed by atoms with Crippen molar-refractivity contribution in [2.45, 2.75) is 19.4 Å². The fraction of sp³-hybridized carbons (Fsp3) is 0.100. The van der Waals surface area contributed by atoms with Crippen LogP contribution in [-0.2, 0) is 16.2 Å². The molecule has 5 rings (SSSR count). The van der Waals surface area contributed by atoms with Crippen LogP contribution in [0.5, 0.6) is 5.75 Å². The van der Waals surface area contributed by atoms with Crippen LogP contribution in [0, 0.1) is 6.07 Å². The van der Waals surface area contributed by atoms with Crippen LogP contribution in [0.25, 0.3) is 16.8 Å². The zero-order chi connectivity index (χ0) is 26.6. The van der Waals surface area contributed by atoms with Crippen molar-refractivity contribution in [2.24, 2.45) is 4.99 Å². The Morgan fingerprint density at radius 3 is 2.59 bits per heavy atom. The van der Waals surface area contributed by atoms with Crippen LogP contribution in [-0.4, -0.2) is 22.2 Å². The van der Waals surface area contributed by atoms with Crippen LogP contribution in [0.2, 0.25) is 5.02 Å². The Hall–Kier alpha value is -3.07. The summed E-state index contributed by atoms with van der Waals surface area (Å²) in [6.45, 7) is 1.93. The third-order valence-electron chi connectivity index (χ3n) is 6.05. The average Bonchev–Trinajstić information content (AvgIpc) is 3.26. The Kier molecular flexibility index (Phi) is 9.53. The Labute approximate surface area is 257 Å². The van der Waals surface area contributed by atoms with Gasteiger partial charge in [-0.1, -0.05) is 54.9 Å². The number of amides is 1. The topological polar surface area (TPSA) is 88.0 Å². The van der Waals surface area contributed by atoms with Crippen LogP contribution in [0.3, 0.4) is 0 Å². The van der Waals surface area contributed by atoms with E-state index in [-0.39, 0.29) is 35.5 Å². The van der Waals surface area contributed by atoms with E-state index in [4.69, 9.17) is 16.3 Å². The van der Waals surface area contributed by atoms with E-state index in [2.05, 4.69) is 16.4 Å². The molecule has 0 radical (unpaired) electrons. The van der Waals surface area contributed by atoms with Gasteiger partial charge in [-0.3, -0.25) is 14.6 Å². The number of halogens is 1. The number of aliphatic carboxylic acids is 1. The van der Waals surface area contributed by atoms with Gasteiger partial charge < -0.3 is 15.2 Å². The molecule has 4 aromatic rings. The van der Waals surface area contributed by atoms with Crippen molar-refractivity contribution in [3.8, 4) is 5.75 Å². The van der Waals surface area contributed by atoms with E-state index in [1.54, 1.807) is 31.2 Å². The van der Waals surface area contributed by atoms with E-state index in [1.165, 1.54) is 11.8 Å². The molecule has 1 aliphatic heterocycles. The minimum Gasteiger partial charge on any atom is -0.488 e. The number of carboxylic acids is 1. The van der Waals surface area contributed by atoms with Crippen LogP contribution in [0.1, 0.15) is 29.5 Å². The summed E-state index contributed by atoms with van der Waals surface area (Å²) >= 11 is 7.19. The quantitative estimate of drug-likeness (QED) is 0.202. The summed E-state index contributed by atoms with van der Waals surface area (Å²) in [4.78, 5) is 29.4. The molecule has 1 fully saturated rings. The van der Waals surface area contributed by atoms with E-state index >= 15 is 0 Å². The molecule has 6 nitrogen and oxygen atoms in total. The third-order valence-corrected chi connectivity index (χ3v) is 7.22. The number of amidine groups is 1. The summed E-state index contributed by atoms with van der Waals surface area (Å²) in [5.74, 6) is -1.37. The number of fused-ring (bicyclic) bond motifs is 1. The number of nitrogens with zero attached hydrogens (tertiary/aromatic N) is 1. The molecule has 190 valence electrons. The fourth-order valence-electron chi connectivity index (χ4n) is 3.96. The molecule has 1 heterocycles. The maximum absolute atomic E-state index is 12.9. The number of hydrogen-bond donors (Lipinski definition) is 2. The Balaban J connectivity index is 0.00000353. The minimum absolute atomic E-state index is 0. The second-order valence-electron chi connectivity index (χ2n) is 8.68. The van der Waals surface area contributed by atoms with Gasteiger partial charge in [0.1, 0.15) is 12.4 Å². The second-order valence-corrected chi connectivity index (χ2v) is 10.1. The van der Waals surface area contributed by atoms with Gasteiger partial charge in [-0.15, -0.1) is 11.6 Å². The molecule has 2 N–H and O–H groups in total. The van der Waals surface area contributed by atoms with Crippen molar-refractivity contribution < 1.29 is 49.0 Å². The molecule has 0 saturated carbocycles. The smallest absolute Gasteiger partial charge is 0.488 e. The summed E-state index contributed by atoms with van der Waals surface area (Å²) in [5, 5.41) is 15.3. The van der Waals surface area contributed by atoms with E-state index in [0.717, 1.165) is 21.9 Å². The maximum Gasteiger partial charge on any atom is 1.00 e. The molecular weight excluding hydrogens is 543 g/mol. The first-order chi connectivity index (χ1) is 18.4. The van der Waals surface area contributed by atoms with Gasteiger partial charge in [0.25, 0.3) is 11.9 Å². The zero-order valence-corrected chi connectivity index (χ0v) is 24.8. The van der Waals surface area contributed by atoms with Crippen LogP contribution in [0.4, 0.5) is 5.69 Å². The average molecular weight is 565 g/mol. The normalized spacial score (nSPS) is 15.7. The molecule has 9 heteroatoms. The number of aliphatic imine (C=N–C) groups is 1. The van der Waals surface area contributed by atoms with Gasteiger partial charge in [-0.05, 0) is 64.1 Å². The van der Waals surface area contributed by atoms with Crippen molar-refractivity contribution in [1.82, 2.24) is 5.32 Å². The molecule has 1 aliphatic rings. The SMILES string of the molecule is CC(C(=O)O)c1c[c-]ccc1N=C1NC(=O)C(=Cc2cc3ccccc3cc2OCc2ccc(Cl)cc2)S1.[Na+]. The summed E-state index contributed by atoms with van der Waals surface area (Å²) in [6, 6.07) is 27.2. The molecule has 4 aromatic carbocycles. The number of benzene rings is 4. The number of carbonyl (C=O) groups excluding carboxylic acids is 1. The van der Waals surface area contributed by atoms with Crippen molar-refractivity contribution in [1.29, 1.82) is 0 Å². The fourth-order valence-corrected chi connectivity index (χ4v) is 4.92. The van der Waals surface area contributed by atoms with E-state index in [9.17, 15) is 14.7 Å². The summed E-state index contributed by atoms with van der Waals surface area (Å²) in [6.07, 6.45) is 1.78. The first kappa shape index (κ1) is 28.9. The number of carbonyl (C=O) groups is 2. The minimum atomic E-state index is -0.961. The first-order valence-corrected chi connectivity index (χ1v) is 13.0. The molecule has 0 aliphatic carbocycles. The molecule has 0 bridgehead atoms. The molecule has 0 aromatic heterocycles. The monoisotopic (exact) mass is 564 g/mol. The number of thioether (sulfide) groups is 1. The number of rotatable bonds is 7. The Morgan fingerprint density at radius 1 is 1.15 bits per heavy atom. The number of nitrogens with one attached hydrogen (secondary N) is 1. The van der Waals surface area contributed by atoms with E-state index in [0.29, 0.717) is 38.7 Å². The summed E-state index contributed by atoms with van der Waals surface area (Å²) < 4.78 is 6.19. The van der Waals surface area contributed by atoms with Gasteiger partial charge in [0.15, 0.2) is 5.17 Å². The number of ether oxygens (including phenoxy) is 1. The molecule has 1 unspecified atom stereocenters. The van der Waals surface area contributed by atoms with Gasteiger partial charge in [0, 0.05) is 16.5 Å². The molecule has 39 heavy (non-hydrogen) atoms. The third kappa shape index (κ3) is 6.93. The molecule has 1 atom stereocenters. The van der Waals surface area contributed by atoms with Gasteiger partial charge >= 0.3 is 29.6 Å². The molecule has 1 amide bonds. The Morgan fingerprint density at radius 2 is 1.87 bits per heavy atom. The van der Waals surface area contributed by atoms with Crippen molar-refractivity contribution in [3.05, 3.63) is 112 Å². The molecule has 0 spiro atoms. The summed E-state index contributed by atoms with van der Waals surface area (Å²) in [5.41, 5.74) is 2.72. The maximum atomic E-state index is 12.9. The second kappa shape index (κ2) is 12.9. The molecular formula is C30H22ClN2NaO4S. The van der Waals surface area contributed by atoms with Gasteiger partial charge in [0.2, 0.25) is 0 Å². The van der Waals surface area contributed by atoms with Crippen molar-refractivity contribution >= 4 is 62.9 Å². The molecule has 1 saturated heterocycles. The van der Waals surface area contributed by atoms with Crippen LogP contribution in [0.15, 0.2) is 88.8 Å². The van der Waals surface area contributed by atoms with Crippen molar-refractivity contribution in [2.75, 3.05) is 0 Å². The zero-order valence-electron chi connectivity index (χ0n) is 21.3. The summed E-state index contributed by atoms with van der Waals surface area (Å²) in [7, 11) is 0. The van der Waals surface area contributed by atoms with E-state index < -0.39 is 11.9 Å². The standard InChI is InChI=1S/C30H22ClN2O4S.Na/c1-18(29(35)36)24-8-4-5-9-25(24)32-30-33-28(34)27(38-30)16-22-14-20-6-2-3-7-21(20)15-26(22)37-17-19-10-12-23(31)13-11-19;/h2-3,5-16,18H,17H2,1H3,(H,35,36)(H,32,33,34);/q-1;+1. The number of hydrogen-bond acceptors (Lipinski definition) is 5. The predicted octanol–water partition coefficient (Wildman–Crippen LogP) is 3.96. The first-order valence-electron chi connectivity index (χ1n) is 11.8. The van der Waals surface area contributed by atoms with Gasteiger partial charge in [-0.25, -0.2) is 0 Å². The van der Waals surface area contributed by atoms with Crippen molar-refractivity contribution in [3.63, 3.8) is 0 Å². The number of carboxylic acid groups (broad SMARTS) is 1. The van der Waals surface area contributed by atoms with E-state index in [1.807, 2.05) is 60.7 Å².